The van der Waals surface area contributed by atoms with E-state index >= 15 is 0 Å². The molecule has 9 heteroatoms. The summed E-state index contributed by atoms with van der Waals surface area (Å²) in [6, 6.07) is 8.07. The van der Waals surface area contributed by atoms with Crippen LogP contribution < -0.4 is 20.2 Å². The van der Waals surface area contributed by atoms with Crippen LogP contribution in [0.2, 0.25) is 5.02 Å². The maximum atomic E-state index is 13.6. The highest BCUT2D eigenvalue weighted by Gasteiger charge is 2.41. The second-order valence-corrected chi connectivity index (χ2v) is 6.83. The summed E-state index contributed by atoms with van der Waals surface area (Å²) in [5.41, 5.74) is -1.44. The van der Waals surface area contributed by atoms with Gasteiger partial charge in [0.05, 0.1) is 24.5 Å². The summed E-state index contributed by atoms with van der Waals surface area (Å²) in [5.74, 6) is -3.29. The number of ether oxygens (including phenoxy) is 1. The topological polar surface area (TPSA) is 66.9 Å². The van der Waals surface area contributed by atoms with Crippen molar-refractivity contribution in [3.8, 4) is 17.2 Å². The van der Waals surface area contributed by atoms with Crippen LogP contribution in [0, 0.1) is 0 Å². The van der Waals surface area contributed by atoms with E-state index in [-0.39, 0.29) is 28.3 Å². The average Bonchev–Trinajstić information content (AvgIpc) is 2.60. The van der Waals surface area contributed by atoms with Crippen molar-refractivity contribution in [2.24, 2.45) is 0 Å². The molecular weight excluding hydrogens is 399 g/mol. The van der Waals surface area contributed by atoms with Crippen LogP contribution in [0.3, 0.4) is 0 Å². The third-order valence-corrected chi connectivity index (χ3v) is 4.23. The van der Waals surface area contributed by atoms with E-state index in [2.05, 4.69) is 0 Å². The molecule has 0 spiro atoms. The van der Waals surface area contributed by atoms with Gasteiger partial charge in [0.2, 0.25) is 11.2 Å². The maximum Gasteiger partial charge on any atom is 0.453 e. The molecule has 1 N–H and O–H groups in total. The van der Waals surface area contributed by atoms with Gasteiger partial charge in [-0.05, 0) is 18.2 Å². The lowest BCUT2D eigenvalue weighted by atomic mass is 10.1. The third-order valence-electron chi connectivity index (χ3n) is 3.92. The van der Waals surface area contributed by atoms with Gasteiger partial charge in [0.15, 0.2) is 0 Å². The van der Waals surface area contributed by atoms with Gasteiger partial charge in [0.25, 0.3) is 5.76 Å². The van der Waals surface area contributed by atoms with Gasteiger partial charge in [-0.25, -0.2) is 0 Å². The summed E-state index contributed by atoms with van der Waals surface area (Å²) in [6.07, 6.45) is -5.02. The van der Waals surface area contributed by atoms with E-state index in [1.165, 1.54) is 18.2 Å². The predicted molar refractivity (Wildman–Crippen MR) is 95.0 cm³/mol. The Hall–Kier alpha value is -2.71. The summed E-state index contributed by atoms with van der Waals surface area (Å²) in [5, 5.41) is 12.0. The molecule has 3 rings (SSSR count). The Labute approximate surface area is 162 Å². The van der Waals surface area contributed by atoms with Gasteiger partial charge >= 0.3 is 6.18 Å². The minimum Gasteiger partial charge on any atom is -0.872 e. The van der Waals surface area contributed by atoms with Gasteiger partial charge in [-0.3, -0.25) is 4.79 Å². The fraction of sp³-hybridized carbons (Fsp3) is 0.211. The normalized spacial score (nSPS) is 12.0. The zero-order valence-corrected chi connectivity index (χ0v) is 15.6. The summed E-state index contributed by atoms with van der Waals surface area (Å²) in [7, 11) is 3.44. The fourth-order valence-corrected chi connectivity index (χ4v) is 2.89. The minimum atomic E-state index is -5.02. The van der Waals surface area contributed by atoms with Crippen LogP contribution in [0.5, 0.6) is 17.2 Å². The molecule has 0 radical (unpaired) electrons. The van der Waals surface area contributed by atoms with Crippen molar-refractivity contribution in [3.63, 3.8) is 0 Å². The molecule has 1 heterocycles. The van der Waals surface area contributed by atoms with Crippen molar-refractivity contribution >= 4 is 22.6 Å². The quantitative estimate of drug-likeness (QED) is 0.714. The monoisotopic (exact) mass is 413 g/mol. The number of alkyl halides is 3. The number of fused-ring (bicyclic) bond motifs is 1. The highest BCUT2D eigenvalue weighted by atomic mass is 35.5. The number of nitrogens with one attached hydrogen (secondary N) is 1. The van der Waals surface area contributed by atoms with Gasteiger partial charge in [-0.1, -0.05) is 35.5 Å². The first kappa shape index (κ1) is 20.0. The Bertz CT molecular complexity index is 1090. The molecule has 0 aliphatic heterocycles. The van der Waals surface area contributed by atoms with Crippen LogP contribution >= 0.6 is 11.6 Å². The van der Waals surface area contributed by atoms with Gasteiger partial charge in [0.1, 0.15) is 17.9 Å². The van der Waals surface area contributed by atoms with E-state index in [9.17, 15) is 23.1 Å². The van der Waals surface area contributed by atoms with Crippen molar-refractivity contribution in [3.05, 3.63) is 63.0 Å². The van der Waals surface area contributed by atoms with E-state index in [0.29, 0.717) is 0 Å². The number of quaternary nitrogens is 1. The fourth-order valence-electron chi connectivity index (χ4n) is 2.72. The van der Waals surface area contributed by atoms with Crippen molar-refractivity contribution in [1.29, 1.82) is 0 Å². The van der Waals surface area contributed by atoms with Crippen molar-refractivity contribution < 1.29 is 32.3 Å². The number of benzene rings is 2. The Morgan fingerprint density at radius 1 is 1.18 bits per heavy atom. The first-order valence-corrected chi connectivity index (χ1v) is 8.55. The Morgan fingerprint density at radius 2 is 1.86 bits per heavy atom. The van der Waals surface area contributed by atoms with Crippen molar-refractivity contribution in [2.45, 2.75) is 12.7 Å². The molecule has 0 unspecified atom stereocenters. The lowest BCUT2D eigenvalue weighted by molar-refractivity contribution is -0.872. The number of halogens is 4. The van der Waals surface area contributed by atoms with E-state index in [1.807, 2.05) is 0 Å². The van der Waals surface area contributed by atoms with Crippen LogP contribution in [-0.2, 0) is 12.7 Å². The van der Waals surface area contributed by atoms with Gasteiger partial charge in [0, 0.05) is 5.56 Å². The second-order valence-electron chi connectivity index (χ2n) is 6.42. The summed E-state index contributed by atoms with van der Waals surface area (Å²) < 4.78 is 51.1. The molecule has 28 heavy (non-hydrogen) atoms. The summed E-state index contributed by atoms with van der Waals surface area (Å²) in [4.78, 5) is 13.6. The number of rotatable bonds is 4. The summed E-state index contributed by atoms with van der Waals surface area (Å²) in [6.45, 7) is 0.0845. The molecule has 0 saturated carbocycles. The average molecular weight is 414 g/mol. The SMILES string of the molecule is C[NH+](C)Cc1c([O-])ccc2c(=O)c(Oc3ccccc3Cl)c(C(F)(F)F)oc12. The van der Waals surface area contributed by atoms with Crippen LogP contribution in [0.1, 0.15) is 11.3 Å². The molecule has 0 aliphatic rings. The van der Waals surface area contributed by atoms with Crippen molar-refractivity contribution in [2.75, 3.05) is 14.1 Å². The molecule has 0 bridgehead atoms. The molecule has 0 fully saturated rings. The molecule has 148 valence electrons. The van der Waals surface area contributed by atoms with E-state index < -0.39 is 34.4 Å². The zero-order valence-electron chi connectivity index (χ0n) is 14.8. The molecule has 0 aliphatic carbocycles. The molecule has 2 aromatic carbocycles. The molecule has 3 aromatic rings. The van der Waals surface area contributed by atoms with Crippen LogP contribution in [0.15, 0.2) is 45.6 Å². The van der Waals surface area contributed by atoms with Crippen LogP contribution in [0.4, 0.5) is 13.2 Å². The molecule has 1 aromatic heterocycles. The molecule has 0 atom stereocenters. The molecule has 0 saturated heterocycles. The van der Waals surface area contributed by atoms with Gasteiger partial charge in [-0.15, -0.1) is 0 Å². The smallest absolute Gasteiger partial charge is 0.453 e. The highest BCUT2D eigenvalue weighted by molar-refractivity contribution is 6.32. The van der Waals surface area contributed by atoms with E-state index in [0.717, 1.165) is 17.0 Å². The van der Waals surface area contributed by atoms with E-state index in [4.69, 9.17) is 20.8 Å². The van der Waals surface area contributed by atoms with Crippen LogP contribution in [0.25, 0.3) is 11.0 Å². The van der Waals surface area contributed by atoms with E-state index in [1.54, 1.807) is 20.2 Å². The molecule has 5 nitrogen and oxygen atoms in total. The maximum absolute atomic E-state index is 13.6. The van der Waals surface area contributed by atoms with Crippen LogP contribution in [-0.4, -0.2) is 14.1 Å². The molecular formula is C19H15ClF3NO4. The summed E-state index contributed by atoms with van der Waals surface area (Å²) >= 11 is 5.93. The largest absolute Gasteiger partial charge is 0.872 e. The number of hydrogen-bond acceptors (Lipinski definition) is 4. The lowest BCUT2D eigenvalue weighted by Gasteiger charge is -2.19. The first-order chi connectivity index (χ1) is 13.1. The zero-order chi connectivity index (χ0) is 20.6. The third kappa shape index (κ3) is 3.79. The Balaban J connectivity index is 2.32. The molecule has 0 amide bonds. The Kier molecular flexibility index (Phi) is 5.27. The standard InChI is InChI=1S/C19H15ClF3NO4/c1-24(2)9-11-13(25)8-7-10-15(26)17(18(19(21,22)23)28-16(10)11)27-14-6-4-3-5-12(14)20/h3-8,25H,9H2,1-2H3. The predicted octanol–water partition coefficient (Wildman–Crippen LogP) is 2.98. The second kappa shape index (κ2) is 7.37. The van der Waals surface area contributed by atoms with Gasteiger partial charge < -0.3 is 19.2 Å². The van der Waals surface area contributed by atoms with Gasteiger partial charge in [-0.2, -0.15) is 13.2 Å². The number of para-hydroxylation sites is 1. The highest BCUT2D eigenvalue weighted by Crippen LogP contribution is 2.40. The van der Waals surface area contributed by atoms with Crippen molar-refractivity contribution in [1.82, 2.24) is 0 Å². The number of hydrogen-bond donors (Lipinski definition) is 1. The first-order valence-electron chi connectivity index (χ1n) is 8.18. The lowest BCUT2D eigenvalue weighted by Crippen LogP contribution is -3.04. The Morgan fingerprint density at radius 3 is 2.46 bits per heavy atom. The minimum absolute atomic E-state index is 0.00982.